The van der Waals surface area contributed by atoms with Gasteiger partial charge in [0.15, 0.2) is 0 Å². The summed E-state index contributed by atoms with van der Waals surface area (Å²) in [6.07, 6.45) is 1.03. The molecule has 1 N–H and O–H groups in total. The third-order valence-electron chi connectivity index (χ3n) is 4.62. The van der Waals surface area contributed by atoms with Crippen LogP contribution in [-0.4, -0.2) is 7.05 Å². The highest BCUT2D eigenvalue weighted by molar-refractivity contribution is 5.39. The molecule has 0 saturated heterocycles. The van der Waals surface area contributed by atoms with Crippen LogP contribution in [0.5, 0.6) is 0 Å². The van der Waals surface area contributed by atoms with Gasteiger partial charge in [0.05, 0.1) is 0 Å². The quantitative estimate of drug-likeness (QED) is 0.854. The zero-order valence-electron chi connectivity index (χ0n) is 14.2. The fraction of sp³-hybridized carbons (Fsp3) is 0.400. The van der Waals surface area contributed by atoms with Crippen LogP contribution in [0.2, 0.25) is 0 Å². The first-order chi connectivity index (χ1) is 9.92. The zero-order valence-corrected chi connectivity index (χ0v) is 14.2. The van der Waals surface area contributed by atoms with Gasteiger partial charge in [-0.1, -0.05) is 30.3 Å². The maximum atomic E-state index is 3.49. The van der Waals surface area contributed by atoms with Crippen LogP contribution in [-0.2, 0) is 6.42 Å². The molecule has 112 valence electrons. The van der Waals surface area contributed by atoms with E-state index in [0.717, 1.165) is 6.42 Å². The van der Waals surface area contributed by atoms with Crippen molar-refractivity contribution >= 4 is 0 Å². The molecule has 0 fully saturated rings. The van der Waals surface area contributed by atoms with Crippen molar-refractivity contribution in [2.24, 2.45) is 0 Å². The van der Waals surface area contributed by atoms with Crippen molar-refractivity contribution in [2.75, 3.05) is 7.05 Å². The Kier molecular flexibility index (Phi) is 4.84. The van der Waals surface area contributed by atoms with E-state index in [2.05, 4.69) is 77.3 Å². The Labute approximate surface area is 129 Å². The fourth-order valence-corrected chi connectivity index (χ4v) is 2.89. The van der Waals surface area contributed by atoms with Gasteiger partial charge in [0.25, 0.3) is 0 Å². The molecule has 1 unspecified atom stereocenters. The topological polar surface area (TPSA) is 12.0 Å². The highest BCUT2D eigenvalue weighted by Crippen LogP contribution is 2.25. The molecule has 0 aliphatic carbocycles. The molecule has 0 amide bonds. The lowest BCUT2D eigenvalue weighted by atomic mass is 9.91. The van der Waals surface area contributed by atoms with E-state index in [-0.39, 0.29) is 0 Å². The monoisotopic (exact) mass is 281 g/mol. The lowest BCUT2D eigenvalue weighted by Crippen LogP contribution is -2.20. The molecule has 0 spiro atoms. The summed E-state index contributed by atoms with van der Waals surface area (Å²) >= 11 is 0. The maximum absolute atomic E-state index is 3.49. The average Bonchev–Trinajstić information content (AvgIpc) is 2.44. The minimum Gasteiger partial charge on any atom is -0.313 e. The molecule has 2 aromatic carbocycles. The second-order valence-electron chi connectivity index (χ2n) is 6.26. The Morgan fingerprint density at radius 2 is 1.38 bits per heavy atom. The van der Waals surface area contributed by atoms with Gasteiger partial charge in [-0.2, -0.15) is 0 Å². The Morgan fingerprint density at radius 3 is 2.00 bits per heavy atom. The summed E-state index contributed by atoms with van der Waals surface area (Å²) in [5.74, 6) is 0. The third-order valence-corrected chi connectivity index (χ3v) is 4.62. The highest BCUT2D eigenvalue weighted by Gasteiger charge is 2.14. The van der Waals surface area contributed by atoms with Crippen molar-refractivity contribution in [1.29, 1.82) is 0 Å². The number of rotatable bonds is 4. The van der Waals surface area contributed by atoms with Gasteiger partial charge in [0, 0.05) is 6.04 Å². The number of nitrogens with one attached hydrogen (secondary N) is 1. The first-order valence-corrected chi connectivity index (χ1v) is 7.73. The fourth-order valence-electron chi connectivity index (χ4n) is 2.89. The normalized spacial score (nSPS) is 12.5. The van der Waals surface area contributed by atoms with Gasteiger partial charge >= 0.3 is 0 Å². The van der Waals surface area contributed by atoms with Crippen molar-refractivity contribution in [3.05, 3.63) is 69.3 Å². The molecule has 0 aromatic heterocycles. The Morgan fingerprint density at radius 1 is 0.762 bits per heavy atom. The average molecular weight is 281 g/mol. The predicted molar refractivity (Wildman–Crippen MR) is 92.1 cm³/mol. The van der Waals surface area contributed by atoms with Gasteiger partial charge in [-0.15, -0.1) is 0 Å². The van der Waals surface area contributed by atoms with Crippen LogP contribution in [0.1, 0.15) is 45.0 Å². The van der Waals surface area contributed by atoms with Crippen molar-refractivity contribution in [3.8, 4) is 0 Å². The smallest absolute Gasteiger partial charge is 0.0361 e. The van der Waals surface area contributed by atoms with E-state index in [4.69, 9.17) is 0 Å². The number of likely N-dealkylation sites (N-methyl/N-ethyl adjacent to an activating group) is 1. The predicted octanol–water partition coefficient (Wildman–Crippen LogP) is 4.73. The minimum atomic E-state index is 0.367. The van der Waals surface area contributed by atoms with E-state index < -0.39 is 0 Å². The number of aryl methyl sites for hydroxylation is 5. The van der Waals surface area contributed by atoms with Gasteiger partial charge in [-0.25, -0.2) is 0 Å². The molecule has 2 aromatic rings. The first-order valence-electron chi connectivity index (χ1n) is 7.73. The molecule has 2 rings (SSSR count). The summed E-state index contributed by atoms with van der Waals surface area (Å²) in [4.78, 5) is 0. The van der Waals surface area contributed by atoms with Crippen LogP contribution < -0.4 is 5.32 Å². The summed E-state index contributed by atoms with van der Waals surface area (Å²) in [5, 5.41) is 3.49. The van der Waals surface area contributed by atoms with E-state index in [0.29, 0.717) is 6.04 Å². The molecule has 1 nitrogen and oxygen atoms in total. The van der Waals surface area contributed by atoms with E-state index in [1.807, 2.05) is 0 Å². The molecule has 1 atom stereocenters. The molecule has 0 heterocycles. The molecule has 21 heavy (non-hydrogen) atoms. The van der Waals surface area contributed by atoms with Crippen LogP contribution in [0.25, 0.3) is 0 Å². The van der Waals surface area contributed by atoms with Gasteiger partial charge in [-0.05, 0) is 87.0 Å². The Hall–Kier alpha value is -1.60. The summed E-state index contributed by atoms with van der Waals surface area (Å²) in [6, 6.07) is 11.8. The molecule has 1 heteroatoms. The zero-order chi connectivity index (χ0) is 15.6. The van der Waals surface area contributed by atoms with Crippen LogP contribution in [0, 0.1) is 34.6 Å². The molecular formula is C20H27N. The van der Waals surface area contributed by atoms with Crippen LogP contribution >= 0.6 is 0 Å². The van der Waals surface area contributed by atoms with Crippen molar-refractivity contribution in [2.45, 2.75) is 47.1 Å². The summed E-state index contributed by atoms with van der Waals surface area (Å²) in [5.41, 5.74) is 9.67. The third kappa shape index (κ3) is 3.54. The Balaban J connectivity index is 2.31. The lowest BCUT2D eigenvalue weighted by Gasteiger charge is -2.21. The van der Waals surface area contributed by atoms with Gasteiger partial charge in [-0.3, -0.25) is 0 Å². The van der Waals surface area contributed by atoms with Crippen molar-refractivity contribution in [3.63, 3.8) is 0 Å². The minimum absolute atomic E-state index is 0.367. The van der Waals surface area contributed by atoms with Crippen molar-refractivity contribution < 1.29 is 0 Å². The maximum Gasteiger partial charge on any atom is 0.0361 e. The largest absolute Gasteiger partial charge is 0.313 e. The summed E-state index contributed by atoms with van der Waals surface area (Å²) in [7, 11) is 2.06. The van der Waals surface area contributed by atoms with E-state index in [9.17, 15) is 0 Å². The second-order valence-corrected chi connectivity index (χ2v) is 6.26. The van der Waals surface area contributed by atoms with Crippen LogP contribution in [0.15, 0.2) is 30.3 Å². The van der Waals surface area contributed by atoms with Gasteiger partial charge < -0.3 is 5.32 Å². The summed E-state index contributed by atoms with van der Waals surface area (Å²) < 4.78 is 0. The molecule has 0 bridgehead atoms. The van der Waals surface area contributed by atoms with E-state index >= 15 is 0 Å². The van der Waals surface area contributed by atoms with Crippen LogP contribution in [0.3, 0.4) is 0 Å². The van der Waals surface area contributed by atoms with Crippen molar-refractivity contribution in [1.82, 2.24) is 5.32 Å². The lowest BCUT2D eigenvalue weighted by molar-refractivity contribution is 0.588. The van der Waals surface area contributed by atoms with E-state index in [1.165, 1.54) is 38.9 Å². The molecule has 0 radical (unpaired) electrons. The summed E-state index contributed by atoms with van der Waals surface area (Å²) in [6.45, 7) is 11.0. The highest BCUT2D eigenvalue weighted by atomic mass is 14.9. The van der Waals surface area contributed by atoms with Gasteiger partial charge in [0.2, 0.25) is 0 Å². The van der Waals surface area contributed by atoms with E-state index in [1.54, 1.807) is 0 Å². The molecule has 0 saturated carbocycles. The van der Waals surface area contributed by atoms with Gasteiger partial charge in [0.1, 0.15) is 0 Å². The molecule has 0 aliphatic heterocycles. The standard InChI is InChI=1S/C20H27N/c1-13-7-8-18(10-15(13)3)12-20(21-6)19-11-16(4)14(2)9-17(19)5/h7-11,20-21H,12H2,1-6H3. The number of hydrogen-bond acceptors (Lipinski definition) is 1. The molecule has 0 aliphatic rings. The SMILES string of the molecule is CNC(Cc1ccc(C)c(C)c1)c1cc(C)c(C)cc1C. The second kappa shape index (κ2) is 6.44. The Bertz CT molecular complexity index is 641. The molecular weight excluding hydrogens is 254 g/mol. The van der Waals surface area contributed by atoms with Crippen LogP contribution in [0.4, 0.5) is 0 Å². The number of benzene rings is 2. The number of hydrogen-bond donors (Lipinski definition) is 1. The first kappa shape index (κ1) is 15.8.